The van der Waals surface area contributed by atoms with Crippen LogP contribution in [0.3, 0.4) is 0 Å². The molecule has 0 saturated heterocycles. The van der Waals surface area contributed by atoms with Gasteiger partial charge in [-0.3, -0.25) is 4.79 Å². The van der Waals surface area contributed by atoms with Crippen LogP contribution in [0.15, 0.2) is 24.3 Å². The van der Waals surface area contributed by atoms with Crippen LogP contribution in [0.2, 0.25) is 0 Å². The zero-order valence-electron chi connectivity index (χ0n) is 12.4. The number of aryl methyl sites for hydroxylation is 1. The summed E-state index contributed by atoms with van der Waals surface area (Å²) in [7, 11) is 0. The molecule has 0 saturated carbocycles. The topological polar surface area (TPSA) is 53.2 Å². The number of amides is 1. The van der Waals surface area contributed by atoms with Gasteiger partial charge in [0.25, 0.3) is 0 Å². The van der Waals surface area contributed by atoms with Gasteiger partial charge in [-0.15, -0.1) is 0 Å². The van der Waals surface area contributed by atoms with Gasteiger partial charge >= 0.3 is 0 Å². The van der Waals surface area contributed by atoms with Gasteiger partial charge in [0.15, 0.2) is 5.11 Å². The zero-order chi connectivity index (χ0) is 16.9. The zero-order valence-corrected chi connectivity index (χ0v) is 15.5. The van der Waals surface area contributed by atoms with Crippen LogP contribution >= 0.6 is 47.0 Å². The Bertz CT molecular complexity index is 529. The average molecular weight is 383 g/mol. The Labute approximate surface area is 150 Å². The van der Waals surface area contributed by atoms with Crippen molar-refractivity contribution >= 4 is 63.7 Å². The molecule has 1 aromatic carbocycles. The molecule has 0 heterocycles. The second-order valence-corrected chi connectivity index (χ2v) is 7.88. The molecule has 0 bridgehead atoms. The maximum atomic E-state index is 11.8. The fraction of sp³-hybridized carbons (Fsp3) is 0.429. The maximum absolute atomic E-state index is 11.8. The molecule has 0 unspecified atom stereocenters. The summed E-state index contributed by atoms with van der Waals surface area (Å²) in [5, 5.41) is 8.61. The smallest absolute Gasteiger partial charge is 0.228 e. The van der Waals surface area contributed by atoms with E-state index in [4.69, 9.17) is 47.0 Å². The first-order valence-corrected chi connectivity index (χ1v) is 8.15. The van der Waals surface area contributed by atoms with Crippen LogP contribution in [0.25, 0.3) is 0 Å². The molecular weight excluding hydrogens is 365 g/mol. The lowest BCUT2D eigenvalue weighted by atomic mass is 10.2. The second kappa shape index (κ2) is 8.20. The molecule has 1 rings (SSSR count). The number of benzene rings is 1. The van der Waals surface area contributed by atoms with Crippen LogP contribution < -0.4 is 16.0 Å². The molecule has 122 valence electrons. The van der Waals surface area contributed by atoms with Gasteiger partial charge in [-0.1, -0.05) is 66.3 Å². The number of thiocarbonyl (C=S) groups is 1. The molecule has 0 aliphatic heterocycles. The Morgan fingerprint density at radius 2 is 1.68 bits per heavy atom. The summed E-state index contributed by atoms with van der Waals surface area (Å²) in [5.74, 6) is -0.489. The molecule has 0 aliphatic carbocycles. The summed E-state index contributed by atoms with van der Waals surface area (Å²) in [4.78, 5) is 11.8. The quantitative estimate of drug-likeness (QED) is 0.422. The van der Waals surface area contributed by atoms with Crippen LogP contribution in [0.5, 0.6) is 0 Å². The molecule has 1 aromatic rings. The Morgan fingerprint density at radius 3 is 2.14 bits per heavy atom. The normalized spacial score (nSPS) is 12.7. The molecule has 1 atom stereocenters. The van der Waals surface area contributed by atoms with Crippen LogP contribution in [-0.4, -0.2) is 21.0 Å². The second-order valence-electron chi connectivity index (χ2n) is 5.10. The molecule has 0 aromatic heterocycles. The number of anilines is 1. The standard InChI is InChI=1S/C14H18Cl3N3OS/c1-8(2)11(21)19-12(14(15,16)17)20-13(22)18-10-6-4-9(3)5-7-10/h4-8,12H,1-3H3,(H,19,21)(H2,18,20,22)/t12-/m0/s1. The molecule has 1 amide bonds. The van der Waals surface area contributed by atoms with Gasteiger partial charge in [0.1, 0.15) is 6.17 Å². The van der Waals surface area contributed by atoms with E-state index in [1.807, 2.05) is 31.2 Å². The molecule has 0 aliphatic rings. The SMILES string of the molecule is Cc1ccc(NC(=S)N[C@H](NC(=O)C(C)C)C(Cl)(Cl)Cl)cc1. The first-order chi connectivity index (χ1) is 10.1. The minimum atomic E-state index is -1.75. The van der Waals surface area contributed by atoms with Gasteiger partial charge < -0.3 is 16.0 Å². The number of alkyl halides is 3. The highest BCUT2D eigenvalue weighted by molar-refractivity contribution is 7.80. The largest absolute Gasteiger partial charge is 0.339 e. The highest BCUT2D eigenvalue weighted by Gasteiger charge is 2.35. The van der Waals surface area contributed by atoms with Gasteiger partial charge in [0.05, 0.1) is 0 Å². The van der Waals surface area contributed by atoms with Crippen molar-refractivity contribution in [3.63, 3.8) is 0 Å². The molecule has 22 heavy (non-hydrogen) atoms. The highest BCUT2D eigenvalue weighted by atomic mass is 35.6. The lowest BCUT2D eigenvalue weighted by Gasteiger charge is -2.28. The average Bonchev–Trinajstić information content (AvgIpc) is 2.39. The molecule has 0 spiro atoms. The Hall–Kier alpha value is -0.750. The number of rotatable bonds is 4. The highest BCUT2D eigenvalue weighted by Crippen LogP contribution is 2.29. The van der Waals surface area contributed by atoms with Crippen molar-refractivity contribution in [2.75, 3.05) is 5.32 Å². The van der Waals surface area contributed by atoms with E-state index < -0.39 is 9.96 Å². The van der Waals surface area contributed by atoms with E-state index in [1.165, 1.54) is 0 Å². The predicted molar refractivity (Wildman–Crippen MR) is 97.6 cm³/mol. The summed E-state index contributed by atoms with van der Waals surface area (Å²) in [6, 6.07) is 7.64. The summed E-state index contributed by atoms with van der Waals surface area (Å²) >= 11 is 22.8. The number of nitrogens with one attached hydrogen (secondary N) is 3. The van der Waals surface area contributed by atoms with Gasteiger partial charge in [-0.2, -0.15) is 0 Å². The van der Waals surface area contributed by atoms with E-state index >= 15 is 0 Å². The minimum Gasteiger partial charge on any atom is -0.339 e. The van der Waals surface area contributed by atoms with Crippen LogP contribution in [-0.2, 0) is 4.79 Å². The van der Waals surface area contributed by atoms with Crippen molar-refractivity contribution in [1.29, 1.82) is 0 Å². The fourth-order valence-electron chi connectivity index (χ4n) is 1.44. The molecule has 0 radical (unpaired) electrons. The van der Waals surface area contributed by atoms with Gasteiger partial charge in [0.2, 0.25) is 9.70 Å². The summed E-state index contributed by atoms with van der Waals surface area (Å²) in [6.45, 7) is 5.47. The van der Waals surface area contributed by atoms with Crippen molar-refractivity contribution in [3.05, 3.63) is 29.8 Å². The summed E-state index contributed by atoms with van der Waals surface area (Å²) in [5.41, 5.74) is 1.93. The van der Waals surface area contributed by atoms with Crippen LogP contribution in [0, 0.1) is 12.8 Å². The number of hydrogen-bond donors (Lipinski definition) is 3. The van der Waals surface area contributed by atoms with Crippen molar-refractivity contribution in [2.45, 2.75) is 30.7 Å². The summed E-state index contributed by atoms with van der Waals surface area (Å²) < 4.78 is -1.75. The number of carbonyl (C=O) groups is 1. The summed E-state index contributed by atoms with van der Waals surface area (Å²) in [6.07, 6.45) is -0.946. The molecule has 4 nitrogen and oxygen atoms in total. The van der Waals surface area contributed by atoms with Gasteiger partial charge in [0, 0.05) is 11.6 Å². The van der Waals surface area contributed by atoms with Gasteiger partial charge in [-0.25, -0.2) is 0 Å². The van der Waals surface area contributed by atoms with E-state index in [-0.39, 0.29) is 16.9 Å². The minimum absolute atomic E-state index is 0.240. The fourth-order valence-corrected chi connectivity index (χ4v) is 2.01. The van der Waals surface area contributed by atoms with Crippen molar-refractivity contribution in [1.82, 2.24) is 10.6 Å². The number of halogens is 3. The molecule has 3 N–H and O–H groups in total. The number of hydrogen-bond acceptors (Lipinski definition) is 2. The van der Waals surface area contributed by atoms with Gasteiger partial charge in [-0.05, 0) is 31.3 Å². The van der Waals surface area contributed by atoms with Crippen molar-refractivity contribution in [3.8, 4) is 0 Å². The van der Waals surface area contributed by atoms with E-state index in [0.717, 1.165) is 11.3 Å². The van der Waals surface area contributed by atoms with Crippen molar-refractivity contribution < 1.29 is 4.79 Å². The molecule has 0 fully saturated rings. The Balaban J connectivity index is 2.70. The van der Waals surface area contributed by atoms with Crippen LogP contribution in [0.4, 0.5) is 5.69 Å². The lowest BCUT2D eigenvalue weighted by Crippen LogP contribution is -2.56. The van der Waals surface area contributed by atoms with Crippen molar-refractivity contribution in [2.24, 2.45) is 5.92 Å². The maximum Gasteiger partial charge on any atom is 0.228 e. The third-order valence-corrected chi connectivity index (χ3v) is 3.60. The first kappa shape index (κ1) is 19.3. The van der Waals surface area contributed by atoms with E-state index in [0.29, 0.717) is 0 Å². The third-order valence-electron chi connectivity index (χ3n) is 2.72. The van der Waals surface area contributed by atoms with E-state index in [9.17, 15) is 4.79 Å². The molecule has 8 heteroatoms. The monoisotopic (exact) mass is 381 g/mol. The lowest BCUT2D eigenvalue weighted by molar-refractivity contribution is -0.124. The third kappa shape index (κ3) is 6.57. The first-order valence-electron chi connectivity index (χ1n) is 6.61. The van der Waals surface area contributed by atoms with E-state index in [2.05, 4.69) is 16.0 Å². The Morgan fingerprint density at radius 1 is 1.14 bits per heavy atom. The Kier molecular flexibility index (Phi) is 7.19. The van der Waals surface area contributed by atoms with E-state index in [1.54, 1.807) is 13.8 Å². The number of carbonyl (C=O) groups excluding carboxylic acids is 1. The predicted octanol–water partition coefficient (Wildman–Crippen LogP) is 3.75. The van der Waals surface area contributed by atoms with Crippen LogP contribution in [0.1, 0.15) is 19.4 Å². The molecular formula is C14H18Cl3N3OS.